The van der Waals surface area contributed by atoms with Gasteiger partial charge in [0.1, 0.15) is 0 Å². The molecule has 1 nitrogen and oxygen atoms in total. The van der Waals surface area contributed by atoms with Crippen molar-refractivity contribution in [2.24, 2.45) is 4.99 Å². The van der Waals surface area contributed by atoms with Crippen LogP contribution in [0.5, 0.6) is 0 Å². The first-order valence-electron chi connectivity index (χ1n) is 3.57. The molecule has 0 unspecified atom stereocenters. The summed E-state index contributed by atoms with van der Waals surface area (Å²) in [5.41, 5.74) is 3.86. The van der Waals surface area contributed by atoms with Crippen LogP contribution >= 0.6 is 15.9 Å². The smallest absolute Gasteiger partial charge is 0.0657 e. The Kier molecular flexibility index (Phi) is 1.57. The predicted octanol–water partition coefficient (Wildman–Crippen LogP) is 2.69. The van der Waals surface area contributed by atoms with Crippen molar-refractivity contribution in [2.45, 2.75) is 13.5 Å². The van der Waals surface area contributed by atoms with E-state index in [1.54, 1.807) is 0 Å². The van der Waals surface area contributed by atoms with Crippen molar-refractivity contribution >= 4 is 22.1 Å². The van der Waals surface area contributed by atoms with Crippen LogP contribution in [0.25, 0.3) is 0 Å². The van der Waals surface area contributed by atoms with Crippen LogP contribution in [-0.4, -0.2) is 6.21 Å². The molecule has 0 spiro atoms. The molecule has 0 radical (unpaired) electrons. The Bertz CT molecular complexity index is 329. The second-order valence-corrected chi connectivity index (χ2v) is 3.53. The molecule has 0 aromatic heterocycles. The summed E-state index contributed by atoms with van der Waals surface area (Å²) >= 11 is 3.55. The Morgan fingerprint density at radius 1 is 1.45 bits per heavy atom. The average molecular weight is 210 g/mol. The van der Waals surface area contributed by atoms with Gasteiger partial charge in [0.2, 0.25) is 0 Å². The van der Waals surface area contributed by atoms with Crippen molar-refractivity contribution in [1.82, 2.24) is 0 Å². The van der Waals surface area contributed by atoms with Gasteiger partial charge in [0.25, 0.3) is 0 Å². The zero-order valence-corrected chi connectivity index (χ0v) is 7.85. The number of nitrogens with zero attached hydrogens (tertiary/aromatic N) is 1. The molecule has 1 heterocycles. The Morgan fingerprint density at radius 2 is 2.27 bits per heavy atom. The van der Waals surface area contributed by atoms with Gasteiger partial charge in [-0.2, -0.15) is 0 Å². The lowest BCUT2D eigenvalue weighted by atomic mass is 10.1. The van der Waals surface area contributed by atoms with E-state index in [-0.39, 0.29) is 0 Å². The maximum absolute atomic E-state index is 4.20. The summed E-state index contributed by atoms with van der Waals surface area (Å²) in [6, 6.07) is 4.23. The molecule has 0 fully saturated rings. The Balaban J connectivity index is 2.67. The number of rotatable bonds is 0. The third-order valence-electron chi connectivity index (χ3n) is 1.95. The van der Waals surface area contributed by atoms with Crippen molar-refractivity contribution in [3.05, 3.63) is 33.3 Å². The molecule has 0 amide bonds. The topological polar surface area (TPSA) is 12.4 Å². The maximum Gasteiger partial charge on any atom is 0.0657 e. The predicted molar refractivity (Wildman–Crippen MR) is 50.2 cm³/mol. The summed E-state index contributed by atoms with van der Waals surface area (Å²) in [5.74, 6) is 0. The normalized spacial score (nSPS) is 13.6. The minimum Gasteiger partial charge on any atom is -0.288 e. The quantitative estimate of drug-likeness (QED) is 0.624. The largest absolute Gasteiger partial charge is 0.288 e. The molecule has 2 heteroatoms. The number of hydrogen-bond acceptors (Lipinski definition) is 1. The number of aliphatic imine (C=N–C) groups is 1. The van der Waals surface area contributed by atoms with E-state index in [9.17, 15) is 0 Å². The summed E-state index contributed by atoms with van der Waals surface area (Å²) in [4.78, 5) is 4.20. The zero-order valence-electron chi connectivity index (χ0n) is 6.26. The number of hydrogen-bond donors (Lipinski definition) is 0. The van der Waals surface area contributed by atoms with Crippen LogP contribution in [0, 0.1) is 6.92 Å². The van der Waals surface area contributed by atoms with Crippen LogP contribution in [0.2, 0.25) is 0 Å². The van der Waals surface area contributed by atoms with E-state index < -0.39 is 0 Å². The minimum absolute atomic E-state index is 0.831. The van der Waals surface area contributed by atoms with Gasteiger partial charge in [-0.15, -0.1) is 0 Å². The van der Waals surface area contributed by atoms with Gasteiger partial charge in [0, 0.05) is 10.7 Å². The summed E-state index contributed by atoms with van der Waals surface area (Å²) < 4.78 is 1.22. The van der Waals surface area contributed by atoms with E-state index in [0.29, 0.717) is 0 Å². The van der Waals surface area contributed by atoms with Crippen molar-refractivity contribution in [3.63, 3.8) is 0 Å². The Labute approximate surface area is 74.3 Å². The van der Waals surface area contributed by atoms with Gasteiger partial charge in [-0.25, -0.2) is 0 Å². The molecule has 0 bridgehead atoms. The molecular weight excluding hydrogens is 202 g/mol. The SMILES string of the molecule is Cc1ccc2c(c1Br)CN=C2. The molecule has 1 aliphatic heterocycles. The number of fused-ring (bicyclic) bond motifs is 1. The van der Waals surface area contributed by atoms with Crippen LogP contribution in [0.1, 0.15) is 16.7 Å². The lowest BCUT2D eigenvalue weighted by molar-refractivity contribution is 1.09. The van der Waals surface area contributed by atoms with E-state index in [4.69, 9.17) is 0 Å². The fourth-order valence-corrected chi connectivity index (χ4v) is 1.76. The first-order chi connectivity index (χ1) is 5.29. The van der Waals surface area contributed by atoms with Crippen molar-refractivity contribution < 1.29 is 0 Å². The molecule has 0 saturated carbocycles. The molecular formula is C9H8BrN. The van der Waals surface area contributed by atoms with Gasteiger partial charge in [-0.05, 0) is 23.6 Å². The van der Waals surface area contributed by atoms with Crippen molar-refractivity contribution in [3.8, 4) is 0 Å². The van der Waals surface area contributed by atoms with Gasteiger partial charge in [0.05, 0.1) is 6.54 Å². The first kappa shape index (κ1) is 7.04. The molecule has 0 atom stereocenters. The molecule has 2 rings (SSSR count). The van der Waals surface area contributed by atoms with Gasteiger partial charge in [0.15, 0.2) is 0 Å². The van der Waals surface area contributed by atoms with Gasteiger partial charge in [-0.3, -0.25) is 4.99 Å². The highest BCUT2D eigenvalue weighted by Gasteiger charge is 2.10. The van der Waals surface area contributed by atoms with E-state index in [1.807, 2.05) is 6.21 Å². The van der Waals surface area contributed by atoms with E-state index >= 15 is 0 Å². The van der Waals surface area contributed by atoms with E-state index in [0.717, 1.165) is 6.54 Å². The summed E-state index contributed by atoms with van der Waals surface area (Å²) in [7, 11) is 0. The highest BCUT2D eigenvalue weighted by molar-refractivity contribution is 9.10. The number of halogens is 1. The fraction of sp³-hybridized carbons (Fsp3) is 0.222. The molecule has 0 N–H and O–H groups in total. The van der Waals surface area contributed by atoms with E-state index in [1.165, 1.54) is 21.2 Å². The van der Waals surface area contributed by atoms with Gasteiger partial charge >= 0.3 is 0 Å². The average Bonchev–Trinajstić information content (AvgIpc) is 2.45. The molecule has 0 aliphatic carbocycles. The molecule has 56 valence electrons. The lowest BCUT2D eigenvalue weighted by Gasteiger charge is -2.03. The van der Waals surface area contributed by atoms with Crippen LogP contribution < -0.4 is 0 Å². The third-order valence-corrected chi connectivity index (χ3v) is 3.06. The number of benzene rings is 1. The third kappa shape index (κ3) is 1.02. The first-order valence-corrected chi connectivity index (χ1v) is 4.36. The standard InChI is InChI=1S/C9H8BrN/c1-6-2-3-7-4-11-5-8(7)9(6)10/h2-4H,5H2,1H3. The monoisotopic (exact) mass is 209 g/mol. The van der Waals surface area contributed by atoms with E-state index in [2.05, 4.69) is 40.0 Å². The minimum atomic E-state index is 0.831. The number of aryl methyl sites for hydroxylation is 1. The van der Waals surface area contributed by atoms with Gasteiger partial charge < -0.3 is 0 Å². The summed E-state index contributed by atoms with van der Waals surface area (Å²) in [6.45, 7) is 2.93. The van der Waals surface area contributed by atoms with Crippen LogP contribution in [0.3, 0.4) is 0 Å². The van der Waals surface area contributed by atoms with Gasteiger partial charge in [-0.1, -0.05) is 28.1 Å². The zero-order chi connectivity index (χ0) is 7.84. The summed E-state index contributed by atoms with van der Waals surface area (Å²) in [5, 5.41) is 0. The lowest BCUT2D eigenvalue weighted by Crippen LogP contribution is -1.88. The molecule has 1 aromatic carbocycles. The molecule has 1 aliphatic rings. The maximum atomic E-state index is 4.20. The molecule has 11 heavy (non-hydrogen) atoms. The highest BCUT2D eigenvalue weighted by atomic mass is 79.9. The van der Waals surface area contributed by atoms with Crippen LogP contribution in [0.15, 0.2) is 21.6 Å². The molecule has 0 saturated heterocycles. The van der Waals surface area contributed by atoms with Crippen LogP contribution in [0.4, 0.5) is 0 Å². The highest BCUT2D eigenvalue weighted by Crippen LogP contribution is 2.27. The Morgan fingerprint density at radius 3 is 3.09 bits per heavy atom. The Hall–Kier alpha value is -0.630. The van der Waals surface area contributed by atoms with Crippen molar-refractivity contribution in [1.29, 1.82) is 0 Å². The second-order valence-electron chi connectivity index (χ2n) is 2.73. The van der Waals surface area contributed by atoms with Crippen molar-refractivity contribution in [2.75, 3.05) is 0 Å². The fourth-order valence-electron chi connectivity index (χ4n) is 1.27. The molecule has 1 aromatic rings. The summed E-state index contributed by atoms with van der Waals surface area (Å²) in [6.07, 6.45) is 1.93. The van der Waals surface area contributed by atoms with Crippen LogP contribution in [-0.2, 0) is 6.54 Å². The second kappa shape index (κ2) is 2.45.